The van der Waals surface area contributed by atoms with Crippen LogP contribution in [0.15, 0.2) is 11.4 Å². The van der Waals surface area contributed by atoms with Crippen molar-refractivity contribution in [3.8, 4) is 0 Å². The van der Waals surface area contributed by atoms with E-state index in [0.717, 1.165) is 22.6 Å². The molecule has 1 fully saturated rings. The topological polar surface area (TPSA) is 29.0 Å². The minimum absolute atomic E-state index is 0.356. The van der Waals surface area contributed by atoms with Crippen LogP contribution in [0.2, 0.25) is 5.28 Å². The summed E-state index contributed by atoms with van der Waals surface area (Å²) < 4.78 is 0. The summed E-state index contributed by atoms with van der Waals surface area (Å²) in [6.07, 6.45) is 2.53. The Balaban J connectivity index is 2.07. The third kappa shape index (κ3) is 2.31. The van der Waals surface area contributed by atoms with Crippen LogP contribution in [0.5, 0.6) is 0 Å². The molecule has 0 radical (unpaired) electrons. The van der Waals surface area contributed by atoms with Crippen molar-refractivity contribution in [1.29, 1.82) is 0 Å². The summed E-state index contributed by atoms with van der Waals surface area (Å²) in [5.74, 6) is 1.63. The van der Waals surface area contributed by atoms with Crippen LogP contribution in [0, 0.1) is 5.92 Å². The predicted octanol–water partition coefficient (Wildman–Crippen LogP) is 3.97. The Kier molecular flexibility index (Phi) is 3.16. The second kappa shape index (κ2) is 4.67. The summed E-state index contributed by atoms with van der Waals surface area (Å²) in [5, 5.41) is 3.55. The third-order valence-corrected chi connectivity index (χ3v) is 4.07. The highest BCUT2D eigenvalue weighted by Gasteiger charge is 2.31. The first kappa shape index (κ1) is 12.2. The van der Waals surface area contributed by atoms with Gasteiger partial charge in [0.2, 0.25) is 5.28 Å². The molecule has 2 aromatic rings. The second-order valence-corrected chi connectivity index (χ2v) is 6.47. The Morgan fingerprint density at radius 1 is 1.44 bits per heavy atom. The van der Waals surface area contributed by atoms with Crippen molar-refractivity contribution in [2.75, 3.05) is 11.4 Å². The minimum Gasteiger partial charge on any atom is -0.353 e. The molecule has 0 bridgehead atoms. The van der Waals surface area contributed by atoms with E-state index in [1.165, 1.54) is 12.8 Å². The van der Waals surface area contributed by atoms with Crippen molar-refractivity contribution >= 4 is 39.0 Å². The number of thiophene rings is 1. The van der Waals surface area contributed by atoms with Gasteiger partial charge in [-0.1, -0.05) is 13.8 Å². The summed E-state index contributed by atoms with van der Waals surface area (Å²) >= 11 is 7.67. The van der Waals surface area contributed by atoms with Gasteiger partial charge in [-0.2, -0.15) is 4.98 Å². The average molecular weight is 282 g/mol. The molecule has 1 aliphatic carbocycles. The van der Waals surface area contributed by atoms with Crippen LogP contribution in [0.25, 0.3) is 10.2 Å². The number of halogens is 1. The van der Waals surface area contributed by atoms with Crippen molar-refractivity contribution in [1.82, 2.24) is 9.97 Å². The summed E-state index contributed by atoms with van der Waals surface area (Å²) in [4.78, 5) is 12.2. The lowest BCUT2D eigenvalue weighted by Crippen LogP contribution is -2.30. The Hall–Kier alpha value is -0.870. The molecule has 3 rings (SSSR count). The van der Waals surface area contributed by atoms with Gasteiger partial charge >= 0.3 is 0 Å². The maximum absolute atomic E-state index is 6.04. The molecule has 0 atom stereocenters. The highest BCUT2D eigenvalue weighted by atomic mass is 35.5. The van der Waals surface area contributed by atoms with Crippen LogP contribution < -0.4 is 4.90 Å². The molecule has 0 unspecified atom stereocenters. The van der Waals surface area contributed by atoms with Gasteiger partial charge in [0.1, 0.15) is 10.6 Å². The van der Waals surface area contributed by atoms with Gasteiger partial charge in [-0.25, -0.2) is 4.98 Å². The zero-order chi connectivity index (χ0) is 12.7. The van der Waals surface area contributed by atoms with Crippen LogP contribution >= 0.6 is 22.9 Å². The molecule has 18 heavy (non-hydrogen) atoms. The van der Waals surface area contributed by atoms with E-state index >= 15 is 0 Å². The quantitative estimate of drug-likeness (QED) is 0.794. The van der Waals surface area contributed by atoms with E-state index in [0.29, 0.717) is 17.2 Å². The van der Waals surface area contributed by atoms with Gasteiger partial charge in [0, 0.05) is 12.6 Å². The lowest BCUT2D eigenvalue weighted by Gasteiger charge is -2.26. The lowest BCUT2D eigenvalue weighted by molar-refractivity contribution is 0.604. The fourth-order valence-electron chi connectivity index (χ4n) is 2.22. The van der Waals surface area contributed by atoms with E-state index in [4.69, 9.17) is 11.6 Å². The van der Waals surface area contributed by atoms with Gasteiger partial charge in [-0.15, -0.1) is 11.3 Å². The Labute approximate surface area is 116 Å². The van der Waals surface area contributed by atoms with Crippen molar-refractivity contribution in [2.45, 2.75) is 32.7 Å². The summed E-state index contributed by atoms with van der Waals surface area (Å²) in [6.45, 7) is 5.51. The van der Waals surface area contributed by atoms with Crippen molar-refractivity contribution in [3.63, 3.8) is 0 Å². The van der Waals surface area contributed by atoms with Crippen LogP contribution in [0.3, 0.4) is 0 Å². The molecule has 96 valence electrons. The fraction of sp³-hybridized carbons (Fsp3) is 0.538. The van der Waals surface area contributed by atoms with Gasteiger partial charge in [0.25, 0.3) is 0 Å². The zero-order valence-electron chi connectivity index (χ0n) is 10.6. The van der Waals surface area contributed by atoms with Crippen molar-refractivity contribution in [2.24, 2.45) is 5.92 Å². The third-order valence-electron chi connectivity index (χ3n) is 3.10. The first-order valence-electron chi connectivity index (χ1n) is 6.32. The van der Waals surface area contributed by atoms with Gasteiger partial charge in [-0.3, -0.25) is 0 Å². The number of hydrogen-bond donors (Lipinski definition) is 0. The standard InChI is InChI=1S/C13H16ClN3S/c1-8(2)7-17(9-3-4-9)11-10-5-6-18-12(10)16-13(14)15-11/h5-6,8-9H,3-4,7H2,1-2H3. The van der Waals surface area contributed by atoms with Gasteiger partial charge in [-0.05, 0) is 41.8 Å². The highest BCUT2D eigenvalue weighted by molar-refractivity contribution is 7.16. The van der Waals surface area contributed by atoms with Crippen molar-refractivity contribution < 1.29 is 0 Å². The Morgan fingerprint density at radius 3 is 2.89 bits per heavy atom. The number of hydrogen-bond acceptors (Lipinski definition) is 4. The first-order valence-corrected chi connectivity index (χ1v) is 7.58. The maximum Gasteiger partial charge on any atom is 0.225 e. The largest absolute Gasteiger partial charge is 0.353 e. The molecule has 0 spiro atoms. The normalized spacial score (nSPS) is 15.6. The summed E-state index contributed by atoms with van der Waals surface area (Å²) in [7, 11) is 0. The fourth-order valence-corrected chi connectivity index (χ4v) is 3.19. The smallest absolute Gasteiger partial charge is 0.225 e. The molecule has 0 aromatic carbocycles. The van der Waals surface area contributed by atoms with Crippen molar-refractivity contribution in [3.05, 3.63) is 16.7 Å². The van der Waals surface area contributed by atoms with Gasteiger partial charge in [0.05, 0.1) is 5.39 Å². The molecule has 0 saturated heterocycles. The van der Waals surface area contributed by atoms with Crippen LogP contribution in [-0.4, -0.2) is 22.6 Å². The molecule has 2 heterocycles. The summed E-state index contributed by atoms with van der Waals surface area (Å²) in [6, 6.07) is 2.74. The van der Waals surface area contributed by atoms with E-state index in [-0.39, 0.29) is 0 Å². The lowest BCUT2D eigenvalue weighted by atomic mass is 10.2. The van der Waals surface area contributed by atoms with Crippen LogP contribution in [0.4, 0.5) is 5.82 Å². The molecular formula is C13H16ClN3S. The molecule has 0 amide bonds. The Morgan fingerprint density at radius 2 is 2.22 bits per heavy atom. The number of nitrogens with zero attached hydrogens (tertiary/aromatic N) is 3. The van der Waals surface area contributed by atoms with Crippen LogP contribution in [-0.2, 0) is 0 Å². The molecule has 3 nitrogen and oxygen atoms in total. The zero-order valence-corrected chi connectivity index (χ0v) is 12.1. The molecule has 0 aliphatic heterocycles. The molecule has 5 heteroatoms. The van der Waals surface area contributed by atoms with E-state index < -0.39 is 0 Å². The van der Waals surface area contributed by atoms with Crippen LogP contribution in [0.1, 0.15) is 26.7 Å². The summed E-state index contributed by atoms with van der Waals surface area (Å²) in [5.41, 5.74) is 0. The van der Waals surface area contributed by atoms with Gasteiger partial charge in [0.15, 0.2) is 0 Å². The monoisotopic (exact) mass is 281 g/mol. The maximum atomic E-state index is 6.04. The number of fused-ring (bicyclic) bond motifs is 1. The average Bonchev–Trinajstić information content (AvgIpc) is 3.04. The SMILES string of the molecule is CC(C)CN(c1nc(Cl)nc2sccc12)C1CC1. The molecule has 1 saturated carbocycles. The molecule has 0 N–H and O–H groups in total. The minimum atomic E-state index is 0.356. The van der Waals surface area contributed by atoms with E-state index in [1.54, 1.807) is 11.3 Å². The van der Waals surface area contributed by atoms with E-state index in [1.807, 2.05) is 0 Å². The highest BCUT2D eigenvalue weighted by Crippen LogP contribution is 2.36. The first-order chi connectivity index (χ1) is 8.65. The van der Waals surface area contributed by atoms with Gasteiger partial charge < -0.3 is 4.90 Å². The Bertz CT molecular complexity index is 562. The molecule has 2 aromatic heterocycles. The number of aromatic nitrogens is 2. The second-order valence-electron chi connectivity index (χ2n) is 5.23. The number of rotatable bonds is 4. The van der Waals surface area contributed by atoms with E-state index in [9.17, 15) is 0 Å². The van der Waals surface area contributed by atoms with E-state index in [2.05, 4.69) is 40.2 Å². The molecule has 1 aliphatic rings. The molecular weight excluding hydrogens is 266 g/mol. The number of anilines is 1. The predicted molar refractivity (Wildman–Crippen MR) is 77.6 cm³/mol.